The number of carbonyl (C=O) groups is 1. The van der Waals surface area contributed by atoms with Crippen LogP contribution in [0.2, 0.25) is 0 Å². The molecule has 1 aliphatic rings. The number of hydrogen-bond acceptors (Lipinski definition) is 4. The van der Waals surface area contributed by atoms with Crippen molar-refractivity contribution in [2.24, 2.45) is 18.7 Å². The molecule has 1 aliphatic carbocycles. The lowest BCUT2D eigenvalue weighted by Crippen LogP contribution is -2.30. The molecule has 0 unspecified atom stereocenters. The zero-order valence-electron chi connectivity index (χ0n) is 10.3. The van der Waals surface area contributed by atoms with E-state index in [4.69, 9.17) is 10.5 Å². The van der Waals surface area contributed by atoms with Crippen molar-refractivity contribution in [1.29, 1.82) is 0 Å². The van der Waals surface area contributed by atoms with Gasteiger partial charge in [0.15, 0.2) is 11.5 Å². The molecule has 0 aromatic carbocycles. The molecule has 0 amide bonds. The van der Waals surface area contributed by atoms with E-state index >= 15 is 0 Å². The lowest BCUT2D eigenvalue weighted by atomic mass is 9.83. The maximum absolute atomic E-state index is 12.4. The molecule has 0 spiro atoms. The number of hydrogen-bond donors (Lipinski definition) is 1. The summed E-state index contributed by atoms with van der Waals surface area (Å²) in [6, 6.07) is 0.257. The summed E-state index contributed by atoms with van der Waals surface area (Å²) in [4.78, 5) is 12.4. The second-order valence-corrected chi connectivity index (χ2v) is 4.66. The highest BCUT2D eigenvalue weighted by atomic mass is 16.5. The number of nitrogens with zero attached hydrogens (tertiary/aromatic N) is 2. The van der Waals surface area contributed by atoms with Crippen LogP contribution < -0.4 is 10.5 Å². The van der Waals surface area contributed by atoms with Gasteiger partial charge in [-0.25, -0.2) is 0 Å². The van der Waals surface area contributed by atoms with Crippen LogP contribution in [0.25, 0.3) is 0 Å². The van der Waals surface area contributed by atoms with Crippen LogP contribution >= 0.6 is 0 Å². The highest BCUT2D eigenvalue weighted by molar-refractivity contribution is 5.98. The van der Waals surface area contributed by atoms with E-state index in [1.165, 1.54) is 0 Å². The van der Waals surface area contributed by atoms with Crippen LogP contribution in [0.3, 0.4) is 0 Å². The van der Waals surface area contributed by atoms with E-state index in [9.17, 15) is 4.79 Å². The van der Waals surface area contributed by atoms with E-state index in [0.29, 0.717) is 11.4 Å². The van der Waals surface area contributed by atoms with Crippen molar-refractivity contribution in [1.82, 2.24) is 9.78 Å². The summed E-state index contributed by atoms with van der Waals surface area (Å²) in [5.41, 5.74) is 6.43. The molecule has 0 saturated heterocycles. The maximum atomic E-state index is 12.4. The standard InChI is InChI=1S/C12H19N3O2/c1-15-11(10(17-2)7-14-15)12(16)8-3-5-9(13)6-4-8/h7-9H,3-6,13H2,1-2H3. The molecule has 0 bridgehead atoms. The lowest BCUT2D eigenvalue weighted by Gasteiger charge is -2.25. The van der Waals surface area contributed by atoms with Crippen LogP contribution in [-0.2, 0) is 7.05 Å². The van der Waals surface area contributed by atoms with Gasteiger partial charge in [0, 0.05) is 19.0 Å². The lowest BCUT2D eigenvalue weighted by molar-refractivity contribution is 0.0871. The molecule has 1 aromatic heterocycles. The Morgan fingerprint density at radius 1 is 1.47 bits per heavy atom. The SMILES string of the molecule is COc1cnn(C)c1C(=O)C1CCC(N)CC1. The van der Waals surface area contributed by atoms with Gasteiger partial charge in [-0.15, -0.1) is 0 Å². The van der Waals surface area contributed by atoms with E-state index in [1.54, 1.807) is 25.0 Å². The van der Waals surface area contributed by atoms with Crippen molar-refractivity contribution in [3.05, 3.63) is 11.9 Å². The van der Waals surface area contributed by atoms with Gasteiger partial charge >= 0.3 is 0 Å². The van der Waals surface area contributed by atoms with E-state index < -0.39 is 0 Å². The molecular formula is C12H19N3O2. The van der Waals surface area contributed by atoms with Crippen molar-refractivity contribution in [3.63, 3.8) is 0 Å². The average molecular weight is 237 g/mol. The van der Waals surface area contributed by atoms with Gasteiger partial charge in [0.1, 0.15) is 5.69 Å². The van der Waals surface area contributed by atoms with Crippen molar-refractivity contribution >= 4 is 5.78 Å². The summed E-state index contributed by atoms with van der Waals surface area (Å²) in [7, 11) is 3.33. The number of methoxy groups -OCH3 is 1. The molecule has 1 fully saturated rings. The second kappa shape index (κ2) is 4.87. The Labute approximate surface area is 101 Å². The van der Waals surface area contributed by atoms with Gasteiger partial charge in [-0.05, 0) is 25.7 Å². The van der Waals surface area contributed by atoms with Gasteiger partial charge in [0.2, 0.25) is 0 Å². The molecule has 5 nitrogen and oxygen atoms in total. The molecule has 5 heteroatoms. The number of aryl methyl sites for hydroxylation is 1. The van der Waals surface area contributed by atoms with Crippen molar-refractivity contribution in [2.75, 3.05) is 7.11 Å². The molecule has 2 rings (SSSR count). The summed E-state index contributed by atoms with van der Waals surface area (Å²) in [5.74, 6) is 0.764. The quantitative estimate of drug-likeness (QED) is 0.800. The van der Waals surface area contributed by atoms with Crippen molar-refractivity contribution in [2.45, 2.75) is 31.7 Å². The van der Waals surface area contributed by atoms with Crippen LogP contribution in [-0.4, -0.2) is 28.7 Å². The van der Waals surface area contributed by atoms with Gasteiger partial charge in [-0.2, -0.15) is 5.10 Å². The van der Waals surface area contributed by atoms with Crippen LogP contribution in [0, 0.1) is 5.92 Å². The number of nitrogens with two attached hydrogens (primary N) is 1. The minimum absolute atomic E-state index is 0.0686. The summed E-state index contributed by atoms with van der Waals surface area (Å²) in [6.45, 7) is 0. The molecule has 17 heavy (non-hydrogen) atoms. The fourth-order valence-electron chi connectivity index (χ4n) is 2.42. The van der Waals surface area contributed by atoms with Gasteiger partial charge in [-0.3, -0.25) is 9.48 Å². The zero-order chi connectivity index (χ0) is 12.4. The molecule has 0 atom stereocenters. The molecule has 94 valence electrons. The number of aromatic nitrogens is 2. The molecule has 2 N–H and O–H groups in total. The van der Waals surface area contributed by atoms with Gasteiger partial charge in [-0.1, -0.05) is 0 Å². The van der Waals surface area contributed by atoms with E-state index in [1.807, 2.05) is 0 Å². The Morgan fingerprint density at radius 3 is 2.71 bits per heavy atom. The van der Waals surface area contributed by atoms with Gasteiger partial charge < -0.3 is 10.5 Å². The first-order valence-electron chi connectivity index (χ1n) is 5.99. The minimum Gasteiger partial charge on any atom is -0.493 e. The molecule has 1 heterocycles. The first kappa shape index (κ1) is 12.1. The Kier molecular flexibility index (Phi) is 3.47. The molecular weight excluding hydrogens is 218 g/mol. The predicted octanol–water partition coefficient (Wildman–Crippen LogP) is 1.13. The number of carbonyl (C=O) groups excluding carboxylic acids is 1. The monoisotopic (exact) mass is 237 g/mol. The molecule has 0 radical (unpaired) electrons. The van der Waals surface area contributed by atoms with Crippen LogP contribution in [0.5, 0.6) is 5.75 Å². The average Bonchev–Trinajstić information content (AvgIpc) is 2.70. The number of ether oxygens (including phenoxy) is 1. The second-order valence-electron chi connectivity index (χ2n) is 4.66. The Balaban J connectivity index is 2.16. The van der Waals surface area contributed by atoms with Gasteiger partial charge in [0.25, 0.3) is 0 Å². The first-order valence-corrected chi connectivity index (χ1v) is 5.99. The van der Waals surface area contributed by atoms with E-state index in [2.05, 4.69) is 5.10 Å². The summed E-state index contributed by atoms with van der Waals surface area (Å²) >= 11 is 0. The smallest absolute Gasteiger partial charge is 0.187 e. The summed E-state index contributed by atoms with van der Waals surface area (Å²) in [6.07, 6.45) is 5.18. The van der Waals surface area contributed by atoms with Crippen LogP contribution in [0.1, 0.15) is 36.2 Å². The highest BCUT2D eigenvalue weighted by Crippen LogP contribution is 2.29. The normalized spacial score (nSPS) is 24.6. The Morgan fingerprint density at radius 2 is 2.12 bits per heavy atom. The van der Waals surface area contributed by atoms with Crippen molar-refractivity contribution in [3.8, 4) is 5.75 Å². The van der Waals surface area contributed by atoms with Crippen LogP contribution in [0.4, 0.5) is 0 Å². The van der Waals surface area contributed by atoms with E-state index in [0.717, 1.165) is 25.7 Å². The largest absolute Gasteiger partial charge is 0.493 e. The number of ketones is 1. The van der Waals surface area contributed by atoms with E-state index in [-0.39, 0.29) is 17.7 Å². The Hall–Kier alpha value is -1.36. The third kappa shape index (κ3) is 2.34. The third-order valence-corrected chi connectivity index (χ3v) is 3.50. The number of rotatable bonds is 3. The fourth-order valence-corrected chi connectivity index (χ4v) is 2.42. The zero-order valence-corrected chi connectivity index (χ0v) is 10.3. The van der Waals surface area contributed by atoms with Crippen LogP contribution in [0.15, 0.2) is 6.20 Å². The fraction of sp³-hybridized carbons (Fsp3) is 0.667. The third-order valence-electron chi connectivity index (χ3n) is 3.50. The van der Waals surface area contributed by atoms with Crippen molar-refractivity contribution < 1.29 is 9.53 Å². The highest BCUT2D eigenvalue weighted by Gasteiger charge is 2.29. The maximum Gasteiger partial charge on any atom is 0.187 e. The molecule has 1 saturated carbocycles. The molecule has 1 aromatic rings. The summed E-state index contributed by atoms with van der Waals surface area (Å²) in [5, 5.41) is 4.06. The topological polar surface area (TPSA) is 70.1 Å². The van der Waals surface area contributed by atoms with Gasteiger partial charge in [0.05, 0.1) is 13.3 Å². The number of Topliss-reactive ketones (excluding diaryl/α,β-unsaturated/α-hetero) is 1. The summed E-state index contributed by atoms with van der Waals surface area (Å²) < 4.78 is 6.76. The molecule has 0 aliphatic heterocycles. The first-order chi connectivity index (χ1) is 8.13. The minimum atomic E-state index is 0.0686. The predicted molar refractivity (Wildman–Crippen MR) is 64.0 cm³/mol. The Bertz CT molecular complexity index is 406.